The lowest BCUT2D eigenvalue weighted by Crippen LogP contribution is -2.38. The molecule has 1 aromatic carbocycles. The van der Waals surface area contributed by atoms with E-state index in [0.717, 1.165) is 11.8 Å². The van der Waals surface area contributed by atoms with Crippen LogP contribution in [0.25, 0.3) is 5.53 Å². The number of Topliss-reactive ketones (excluding diaryl/α,β-unsaturated/α-hetero) is 1. The van der Waals surface area contributed by atoms with Crippen LogP contribution in [0.5, 0.6) is 0 Å². The maximum absolute atomic E-state index is 11.6. The molecule has 0 saturated heterocycles. The zero-order valence-corrected chi connectivity index (χ0v) is 11.9. The molecule has 0 fully saturated rings. The molecule has 7 nitrogen and oxygen atoms in total. The van der Waals surface area contributed by atoms with E-state index in [2.05, 4.69) is 4.79 Å². The van der Waals surface area contributed by atoms with Crippen LogP contribution >= 0.6 is 0 Å². The summed E-state index contributed by atoms with van der Waals surface area (Å²) in [7, 11) is 0. The van der Waals surface area contributed by atoms with E-state index in [1.54, 1.807) is 13.8 Å². The molecule has 0 aliphatic rings. The minimum Gasteiger partial charge on any atom is -0.443 e. The minimum atomic E-state index is -0.954. The second-order valence-corrected chi connectivity index (χ2v) is 4.59. The van der Waals surface area contributed by atoms with Crippen molar-refractivity contribution in [2.45, 2.75) is 26.6 Å². The summed E-state index contributed by atoms with van der Waals surface area (Å²) in [5.74, 6) is -0.777. The molecule has 1 atom stereocenters. The first-order valence-corrected chi connectivity index (χ1v) is 6.38. The van der Waals surface area contributed by atoms with Gasteiger partial charge in [0.15, 0.2) is 6.10 Å². The number of amides is 1. The van der Waals surface area contributed by atoms with Gasteiger partial charge in [-0.3, -0.25) is 9.63 Å². The fraction of sp³-hybridized carbons (Fsp3) is 0.357. The van der Waals surface area contributed by atoms with Crippen molar-refractivity contribution in [1.29, 1.82) is 0 Å². The van der Waals surface area contributed by atoms with Crippen LogP contribution in [0, 0.1) is 5.92 Å². The number of hydroxylamine groups is 1. The predicted molar refractivity (Wildman–Crippen MR) is 74.2 cm³/mol. The van der Waals surface area contributed by atoms with E-state index in [4.69, 9.17) is 15.1 Å². The van der Waals surface area contributed by atoms with E-state index < -0.39 is 18.0 Å². The SMILES string of the molecule is CC(C)[C@@H](ONC(=O)OCc1ccccc1)C(=O)C=[N+]=[N-]. The van der Waals surface area contributed by atoms with E-state index >= 15 is 0 Å². The molecular formula is C14H17N3O4. The molecule has 0 saturated carbocycles. The van der Waals surface area contributed by atoms with E-state index in [-0.39, 0.29) is 12.5 Å². The molecule has 0 radical (unpaired) electrons. The second kappa shape index (κ2) is 8.63. The Bertz CT molecular complexity index is 524. The summed E-state index contributed by atoms with van der Waals surface area (Å²) in [4.78, 5) is 30.7. The average Bonchev–Trinajstić information content (AvgIpc) is 2.46. The number of hydrogen-bond donors (Lipinski definition) is 1. The lowest BCUT2D eigenvalue weighted by Gasteiger charge is -2.16. The fourth-order valence-electron chi connectivity index (χ4n) is 1.52. The molecule has 1 rings (SSSR count). The van der Waals surface area contributed by atoms with Crippen LogP contribution in [0.4, 0.5) is 4.79 Å². The van der Waals surface area contributed by atoms with Crippen molar-refractivity contribution in [2.75, 3.05) is 0 Å². The van der Waals surface area contributed by atoms with Crippen molar-refractivity contribution in [2.24, 2.45) is 5.92 Å². The molecule has 1 aromatic rings. The number of carbonyl (C=O) groups excluding carboxylic acids is 2. The van der Waals surface area contributed by atoms with Gasteiger partial charge in [0.05, 0.1) is 0 Å². The lowest BCUT2D eigenvalue weighted by molar-refractivity contribution is -0.134. The third-order valence-corrected chi connectivity index (χ3v) is 2.55. The second-order valence-electron chi connectivity index (χ2n) is 4.59. The number of carbonyl (C=O) groups is 2. The molecule has 0 aliphatic carbocycles. The highest BCUT2D eigenvalue weighted by Crippen LogP contribution is 2.06. The Morgan fingerprint density at radius 2 is 2.00 bits per heavy atom. The third kappa shape index (κ3) is 5.99. The molecule has 1 N–H and O–H groups in total. The van der Waals surface area contributed by atoms with Gasteiger partial charge in [-0.2, -0.15) is 10.3 Å². The topological polar surface area (TPSA) is 101 Å². The quantitative estimate of drug-likeness (QED) is 0.358. The highest BCUT2D eigenvalue weighted by atomic mass is 16.7. The maximum Gasteiger partial charge on any atom is 0.431 e. The summed E-state index contributed by atoms with van der Waals surface area (Å²) in [5, 5.41) is 0. The molecule has 0 spiro atoms. The molecule has 0 unspecified atom stereocenters. The molecule has 112 valence electrons. The zero-order valence-electron chi connectivity index (χ0n) is 11.9. The van der Waals surface area contributed by atoms with Gasteiger partial charge in [-0.1, -0.05) is 44.2 Å². The summed E-state index contributed by atoms with van der Waals surface area (Å²) in [6.07, 6.45) is -1.04. The molecule has 7 heteroatoms. The Kier molecular flexibility index (Phi) is 6.80. The first-order chi connectivity index (χ1) is 10.0. The summed E-state index contributed by atoms with van der Waals surface area (Å²) in [6.45, 7) is 3.55. The van der Waals surface area contributed by atoms with Gasteiger partial charge >= 0.3 is 12.3 Å². The average molecular weight is 291 g/mol. The molecular weight excluding hydrogens is 274 g/mol. The van der Waals surface area contributed by atoms with Crippen LogP contribution in [0.2, 0.25) is 0 Å². The highest BCUT2D eigenvalue weighted by Gasteiger charge is 2.26. The predicted octanol–water partition coefficient (Wildman–Crippen LogP) is 1.74. The number of ketones is 1. The van der Waals surface area contributed by atoms with Crippen molar-refractivity contribution in [3.63, 3.8) is 0 Å². The van der Waals surface area contributed by atoms with E-state index in [0.29, 0.717) is 0 Å². The fourth-order valence-corrected chi connectivity index (χ4v) is 1.52. The molecule has 21 heavy (non-hydrogen) atoms. The Morgan fingerprint density at radius 3 is 2.57 bits per heavy atom. The highest BCUT2D eigenvalue weighted by molar-refractivity contribution is 6.27. The van der Waals surface area contributed by atoms with Crippen LogP contribution in [0.15, 0.2) is 30.3 Å². The van der Waals surface area contributed by atoms with Gasteiger partial charge in [0.2, 0.25) is 0 Å². The Balaban J connectivity index is 2.43. The minimum absolute atomic E-state index is 0.0917. The zero-order chi connectivity index (χ0) is 15.7. The first kappa shape index (κ1) is 16.6. The van der Waals surface area contributed by atoms with Gasteiger partial charge < -0.3 is 10.3 Å². The van der Waals surface area contributed by atoms with Crippen molar-refractivity contribution in [3.05, 3.63) is 41.4 Å². The normalized spacial score (nSPS) is 11.4. The number of benzene rings is 1. The number of ether oxygens (including phenoxy) is 1. The number of hydrogen-bond acceptors (Lipinski definition) is 4. The largest absolute Gasteiger partial charge is 0.443 e. The van der Waals surface area contributed by atoms with Crippen molar-refractivity contribution in [1.82, 2.24) is 5.48 Å². The van der Waals surface area contributed by atoms with Crippen LogP contribution in [0.3, 0.4) is 0 Å². The summed E-state index contributed by atoms with van der Waals surface area (Å²) in [6, 6.07) is 9.14. The smallest absolute Gasteiger partial charge is 0.431 e. The van der Waals surface area contributed by atoms with E-state index in [1.807, 2.05) is 35.8 Å². The van der Waals surface area contributed by atoms with Crippen molar-refractivity contribution < 1.29 is 24.0 Å². The van der Waals surface area contributed by atoms with Gasteiger partial charge in [0, 0.05) is 0 Å². The molecule has 0 heterocycles. The number of rotatable bonds is 7. The summed E-state index contributed by atoms with van der Waals surface area (Å²) in [5.41, 5.74) is 11.2. The van der Waals surface area contributed by atoms with Gasteiger partial charge in [-0.25, -0.2) is 4.79 Å². The van der Waals surface area contributed by atoms with Crippen LogP contribution < -0.4 is 5.48 Å². The van der Waals surface area contributed by atoms with E-state index in [9.17, 15) is 9.59 Å². The van der Waals surface area contributed by atoms with Crippen molar-refractivity contribution in [3.8, 4) is 0 Å². The molecule has 0 aromatic heterocycles. The number of nitrogens with one attached hydrogen (secondary N) is 1. The van der Waals surface area contributed by atoms with Crippen LogP contribution in [0.1, 0.15) is 19.4 Å². The summed E-state index contributed by atoms with van der Waals surface area (Å²) >= 11 is 0. The summed E-state index contributed by atoms with van der Waals surface area (Å²) < 4.78 is 4.93. The van der Waals surface area contributed by atoms with Gasteiger partial charge in [-0.15, -0.1) is 0 Å². The number of nitrogens with zero attached hydrogens (tertiary/aromatic N) is 2. The molecule has 0 aliphatic heterocycles. The molecule has 1 amide bonds. The van der Waals surface area contributed by atoms with Crippen molar-refractivity contribution >= 4 is 18.1 Å². The Morgan fingerprint density at radius 1 is 1.33 bits per heavy atom. The third-order valence-electron chi connectivity index (χ3n) is 2.55. The van der Waals surface area contributed by atoms with Gasteiger partial charge in [0.1, 0.15) is 6.61 Å². The van der Waals surface area contributed by atoms with Crippen LogP contribution in [-0.4, -0.2) is 29.0 Å². The first-order valence-electron chi connectivity index (χ1n) is 6.38. The van der Waals surface area contributed by atoms with Gasteiger partial charge in [-0.05, 0) is 11.5 Å². The van der Waals surface area contributed by atoms with E-state index in [1.165, 1.54) is 0 Å². The Hall–Kier alpha value is -2.50. The Labute approximate surface area is 122 Å². The van der Waals surface area contributed by atoms with Crippen LogP contribution in [-0.2, 0) is 21.0 Å². The molecule has 0 bridgehead atoms. The maximum atomic E-state index is 11.6. The lowest BCUT2D eigenvalue weighted by atomic mass is 10.0. The van der Waals surface area contributed by atoms with Gasteiger partial charge in [0.25, 0.3) is 5.78 Å². The monoisotopic (exact) mass is 291 g/mol. The standard InChI is InChI=1S/C14H17N3O4/c1-10(2)13(12(18)8-16-15)21-17-14(19)20-9-11-6-4-3-5-7-11/h3-8,10,13H,9H2,1-2H3,(H,17,19)/t13-/m1/s1.